The molecule has 2 bridgehead atoms. The highest BCUT2D eigenvalue weighted by Crippen LogP contribution is 2.53. The number of rotatable bonds is 6. The molecule has 0 aromatic heterocycles. The Balaban J connectivity index is 1.64. The Hall–Kier alpha value is -1.69. The largest absolute Gasteiger partial charge is 0.463 e. The van der Waals surface area contributed by atoms with Gasteiger partial charge in [-0.1, -0.05) is 26.0 Å². The van der Waals surface area contributed by atoms with Crippen LogP contribution >= 0.6 is 0 Å². The molecule has 0 spiro atoms. The molecule has 24 heavy (non-hydrogen) atoms. The fraction of sp³-hybridized carbons (Fsp3) is 0.722. The molecule has 2 saturated heterocycles. The normalized spacial score (nSPS) is 34.2. The average Bonchev–Trinajstić information content (AvgIpc) is 3.20. The molecule has 0 aromatic carbocycles. The lowest BCUT2D eigenvalue weighted by Gasteiger charge is -2.27. The van der Waals surface area contributed by atoms with Crippen LogP contribution in [0.5, 0.6) is 0 Å². The smallest absolute Gasteiger partial charge is 0.311 e. The van der Waals surface area contributed by atoms with Gasteiger partial charge in [-0.3, -0.25) is 19.3 Å². The molecule has 3 rings (SSSR count). The summed E-state index contributed by atoms with van der Waals surface area (Å²) < 4.78 is 11.2. The van der Waals surface area contributed by atoms with E-state index in [1.54, 1.807) is 0 Å². The number of ether oxygens (including phenoxy) is 2. The summed E-state index contributed by atoms with van der Waals surface area (Å²) >= 11 is 0. The number of nitrogens with zero attached hydrogens (tertiary/aromatic N) is 1. The topological polar surface area (TPSA) is 72.9 Å². The molecular formula is C18H25NO5. The molecule has 0 aromatic rings. The van der Waals surface area contributed by atoms with Gasteiger partial charge in [0.1, 0.15) is 6.61 Å². The van der Waals surface area contributed by atoms with E-state index >= 15 is 0 Å². The Morgan fingerprint density at radius 2 is 2.04 bits per heavy atom. The number of imide groups is 1. The number of carbonyl (C=O) groups excluding carboxylic acids is 3. The van der Waals surface area contributed by atoms with Gasteiger partial charge in [0.05, 0.1) is 35.5 Å². The summed E-state index contributed by atoms with van der Waals surface area (Å²) in [5.74, 6) is -1.58. The summed E-state index contributed by atoms with van der Waals surface area (Å²) in [5.41, 5.74) is -1.20. The summed E-state index contributed by atoms with van der Waals surface area (Å²) in [6, 6.07) is 0. The lowest BCUT2D eigenvalue weighted by molar-refractivity contribution is -0.157. The maximum absolute atomic E-state index is 12.7. The van der Waals surface area contributed by atoms with E-state index in [9.17, 15) is 14.4 Å². The van der Waals surface area contributed by atoms with Crippen LogP contribution in [-0.2, 0) is 23.9 Å². The zero-order chi connectivity index (χ0) is 17.7. The molecule has 2 amide bonds. The minimum Gasteiger partial charge on any atom is -0.463 e. The first kappa shape index (κ1) is 17.1. The predicted molar refractivity (Wildman–Crippen MR) is 85.8 cm³/mol. The fourth-order valence-electron chi connectivity index (χ4n) is 3.77. The Labute approximate surface area is 142 Å². The molecule has 6 heteroatoms. The fourth-order valence-corrected chi connectivity index (χ4v) is 3.77. The molecule has 132 valence electrons. The molecular weight excluding hydrogens is 310 g/mol. The first-order valence-corrected chi connectivity index (χ1v) is 8.67. The van der Waals surface area contributed by atoms with E-state index in [4.69, 9.17) is 9.47 Å². The Morgan fingerprint density at radius 1 is 1.33 bits per heavy atom. The van der Waals surface area contributed by atoms with Crippen LogP contribution in [0.1, 0.15) is 40.5 Å². The Morgan fingerprint density at radius 3 is 2.67 bits per heavy atom. The predicted octanol–water partition coefficient (Wildman–Crippen LogP) is 1.68. The van der Waals surface area contributed by atoms with Crippen molar-refractivity contribution >= 4 is 17.8 Å². The highest BCUT2D eigenvalue weighted by atomic mass is 16.5. The van der Waals surface area contributed by atoms with Crippen molar-refractivity contribution < 1.29 is 23.9 Å². The van der Waals surface area contributed by atoms with Gasteiger partial charge in [-0.15, -0.1) is 0 Å². The second-order valence-corrected chi connectivity index (χ2v) is 7.46. The first-order chi connectivity index (χ1) is 11.3. The lowest BCUT2D eigenvalue weighted by atomic mass is 9.76. The monoisotopic (exact) mass is 335 g/mol. The van der Waals surface area contributed by atoms with Crippen LogP contribution in [0, 0.1) is 17.3 Å². The molecule has 3 aliphatic heterocycles. The third-order valence-electron chi connectivity index (χ3n) is 5.78. The zero-order valence-electron chi connectivity index (χ0n) is 14.7. The maximum Gasteiger partial charge on any atom is 0.311 e. The van der Waals surface area contributed by atoms with Gasteiger partial charge in [-0.25, -0.2) is 0 Å². The molecule has 0 radical (unpaired) electrons. The van der Waals surface area contributed by atoms with Gasteiger partial charge in [0.25, 0.3) is 0 Å². The molecule has 3 aliphatic rings. The first-order valence-electron chi connectivity index (χ1n) is 8.67. The number of hydrogen-bond acceptors (Lipinski definition) is 5. The summed E-state index contributed by atoms with van der Waals surface area (Å²) in [7, 11) is 0. The van der Waals surface area contributed by atoms with Crippen molar-refractivity contribution in [1.29, 1.82) is 0 Å². The zero-order valence-corrected chi connectivity index (χ0v) is 14.7. The number of esters is 1. The third kappa shape index (κ3) is 2.31. The second-order valence-electron chi connectivity index (χ2n) is 7.46. The molecule has 4 atom stereocenters. The number of fused-ring (bicyclic) bond motifs is 5. The van der Waals surface area contributed by atoms with Gasteiger partial charge in [-0.2, -0.15) is 0 Å². The van der Waals surface area contributed by atoms with Crippen LogP contribution in [0.4, 0.5) is 0 Å². The van der Waals surface area contributed by atoms with Crippen molar-refractivity contribution in [2.24, 2.45) is 17.3 Å². The van der Waals surface area contributed by atoms with Crippen LogP contribution in [0.15, 0.2) is 12.2 Å². The van der Waals surface area contributed by atoms with Crippen molar-refractivity contribution in [2.75, 3.05) is 13.2 Å². The SMILES string of the molecule is CCC(C)(C)C(=O)OCCN1C(=O)C2C3C=CC(CC)(O3)C2C1=O. The van der Waals surface area contributed by atoms with E-state index < -0.39 is 22.9 Å². The van der Waals surface area contributed by atoms with Crippen LogP contribution in [0.2, 0.25) is 0 Å². The highest BCUT2D eigenvalue weighted by Gasteiger charge is 2.66. The summed E-state index contributed by atoms with van der Waals surface area (Å²) in [6.07, 6.45) is 4.84. The average molecular weight is 335 g/mol. The number of carbonyl (C=O) groups is 3. The van der Waals surface area contributed by atoms with E-state index in [1.165, 1.54) is 4.90 Å². The van der Waals surface area contributed by atoms with Crippen LogP contribution in [0.25, 0.3) is 0 Å². The van der Waals surface area contributed by atoms with Crippen LogP contribution < -0.4 is 0 Å². The minimum atomic E-state index is -0.641. The highest BCUT2D eigenvalue weighted by molar-refractivity contribution is 6.07. The Bertz CT molecular complexity index is 611. The molecule has 0 aliphatic carbocycles. The molecule has 0 N–H and O–H groups in total. The van der Waals surface area contributed by atoms with Crippen molar-refractivity contribution in [1.82, 2.24) is 4.90 Å². The van der Waals surface area contributed by atoms with Gasteiger partial charge >= 0.3 is 5.97 Å². The van der Waals surface area contributed by atoms with E-state index in [-0.39, 0.29) is 37.0 Å². The van der Waals surface area contributed by atoms with Gasteiger partial charge in [0, 0.05) is 0 Å². The van der Waals surface area contributed by atoms with Gasteiger partial charge in [0.15, 0.2) is 0 Å². The quantitative estimate of drug-likeness (QED) is 0.419. The number of amides is 2. The molecule has 2 fully saturated rings. The van der Waals surface area contributed by atoms with Crippen LogP contribution in [-0.4, -0.2) is 47.5 Å². The number of hydrogen-bond donors (Lipinski definition) is 0. The molecule has 3 heterocycles. The number of likely N-dealkylation sites (tertiary alicyclic amines) is 1. The van der Waals surface area contributed by atoms with Crippen molar-refractivity contribution in [3.05, 3.63) is 12.2 Å². The third-order valence-corrected chi connectivity index (χ3v) is 5.78. The van der Waals surface area contributed by atoms with Crippen molar-refractivity contribution in [3.8, 4) is 0 Å². The second kappa shape index (κ2) is 5.69. The van der Waals surface area contributed by atoms with E-state index in [1.807, 2.05) is 39.8 Å². The summed E-state index contributed by atoms with van der Waals surface area (Å²) in [4.78, 5) is 38.6. The van der Waals surface area contributed by atoms with E-state index in [0.717, 1.165) is 0 Å². The van der Waals surface area contributed by atoms with E-state index in [0.29, 0.717) is 12.8 Å². The van der Waals surface area contributed by atoms with Gasteiger partial charge in [-0.05, 0) is 26.7 Å². The van der Waals surface area contributed by atoms with Crippen molar-refractivity contribution in [2.45, 2.75) is 52.2 Å². The van der Waals surface area contributed by atoms with Crippen LogP contribution in [0.3, 0.4) is 0 Å². The van der Waals surface area contributed by atoms with E-state index in [2.05, 4.69) is 0 Å². The lowest BCUT2D eigenvalue weighted by Crippen LogP contribution is -2.41. The molecule has 4 unspecified atom stereocenters. The summed E-state index contributed by atoms with van der Waals surface area (Å²) in [6.45, 7) is 7.67. The molecule has 6 nitrogen and oxygen atoms in total. The van der Waals surface area contributed by atoms with Gasteiger partial charge < -0.3 is 9.47 Å². The Kier molecular flexibility index (Phi) is 4.06. The molecule has 0 saturated carbocycles. The summed E-state index contributed by atoms with van der Waals surface area (Å²) in [5, 5.41) is 0. The minimum absolute atomic E-state index is 0.0389. The van der Waals surface area contributed by atoms with Gasteiger partial charge in [0.2, 0.25) is 11.8 Å². The van der Waals surface area contributed by atoms with Crippen molar-refractivity contribution in [3.63, 3.8) is 0 Å². The maximum atomic E-state index is 12.7. The standard InChI is InChI=1S/C18H25NO5/c1-5-17(3,4)16(22)23-10-9-19-14(20)12-11-7-8-18(6-2,24-11)13(12)15(19)21/h7-8,11-13H,5-6,9-10H2,1-4H3.